The van der Waals surface area contributed by atoms with Gasteiger partial charge in [0.2, 0.25) is 0 Å². The topological polar surface area (TPSA) is 89.2 Å². The molecule has 106 valence electrons. The van der Waals surface area contributed by atoms with Crippen molar-refractivity contribution >= 4 is 24.1 Å². The van der Waals surface area contributed by atoms with Crippen molar-refractivity contribution in [3.63, 3.8) is 0 Å². The second-order valence-electron chi connectivity index (χ2n) is 4.41. The molecule has 8 heteroatoms. The van der Waals surface area contributed by atoms with Crippen LogP contribution in [0.5, 0.6) is 0 Å². The smallest absolute Gasteiger partial charge is 0.323 e. The van der Waals surface area contributed by atoms with E-state index in [9.17, 15) is 14.9 Å². The summed E-state index contributed by atoms with van der Waals surface area (Å²) in [5.74, 6) is -0.346. The van der Waals surface area contributed by atoms with Gasteiger partial charge >= 0.3 is 5.82 Å². The Hall–Kier alpha value is -1.60. The monoisotopic (exact) mass is 288 g/mol. The SMILES string of the molecule is Cl.Cn1c(C(=O)N[C@@H]2CCCNC2)ccc1[N+](=O)[O-]. The summed E-state index contributed by atoms with van der Waals surface area (Å²) in [6.07, 6.45) is 1.96. The van der Waals surface area contributed by atoms with E-state index in [0.717, 1.165) is 25.9 Å². The number of nitro groups is 1. The average Bonchev–Trinajstić information content (AvgIpc) is 2.72. The number of halogens is 1. The minimum Gasteiger partial charge on any atom is -0.358 e. The summed E-state index contributed by atoms with van der Waals surface area (Å²) in [5.41, 5.74) is 0.312. The van der Waals surface area contributed by atoms with Gasteiger partial charge in [-0.25, -0.2) is 4.57 Å². The summed E-state index contributed by atoms with van der Waals surface area (Å²) < 4.78 is 1.30. The summed E-state index contributed by atoms with van der Waals surface area (Å²) >= 11 is 0. The lowest BCUT2D eigenvalue weighted by atomic mass is 10.1. The van der Waals surface area contributed by atoms with Crippen molar-refractivity contribution in [1.82, 2.24) is 15.2 Å². The van der Waals surface area contributed by atoms with E-state index in [2.05, 4.69) is 10.6 Å². The van der Waals surface area contributed by atoms with E-state index >= 15 is 0 Å². The van der Waals surface area contributed by atoms with Gasteiger partial charge in [0.25, 0.3) is 5.91 Å². The van der Waals surface area contributed by atoms with Gasteiger partial charge < -0.3 is 20.7 Å². The Morgan fingerprint density at radius 2 is 2.32 bits per heavy atom. The van der Waals surface area contributed by atoms with Crippen LogP contribution in [0.25, 0.3) is 0 Å². The van der Waals surface area contributed by atoms with Gasteiger partial charge in [-0.1, -0.05) is 0 Å². The van der Waals surface area contributed by atoms with Crippen molar-refractivity contribution in [3.05, 3.63) is 27.9 Å². The van der Waals surface area contributed by atoms with Crippen LogP contribution in [-0.2, 0) is 7.05 Å². The molecule has 2 heterocycles. The van der Waals surface area contributed by atoms with E-state index in [1.807, 2.05) is 0 Å². The van der Waals surface area contributed by atoms with E-state index in [1.165, 1.54) is 23.7 Å². The highest BCUT2D eigenvalue weighted by Gasteiger charge is 2.23. The lowest BCUT2D eigenvalue weighted by Gasteiger charge is -2.23. The largest absolute Gasteiger partial charge is 0.358 e. The van der Waals surface area contributed by atoms with Crippen LogP contribution in [0.4, 0.5) is 5.82 Å². The van der Waals surface area contributed by atoms with Crippen molar-refractivity contribution in [2.75, 3.05) is 13.1 Å². The van der Waals surface area contributed by atoms with Crippen LogP contribution in [0.1, 0.15) is 23.3 Å². The van der Waals surface area contributed by atoms with E-state index in [1.54, 1.807) is 0 Å². The Morgan fingerprint density at radius 3 is 2.84 bits per heavy atom. The molecule has 0 saturated carbocycles. The van der Waals surface area contributed by atoms with Gasteiger partial charge in [-0.05, 0) is 30.4 Å². The first kappa shape index (κ1) is 15.5. The molecule has 1 aliphatic heterocycles. The van der Waals surface area contributed by atoms with Crippen LogP contribution in [0, 0.1) is 10.1 Å². The summed E-state index contributed by atoms with van der Waals surface area (Å²) in [6, 6.07) is 2.91. The summed E-state index contributed by atoms with van der Waals surface area (Å²) in [7, 11) is 1.52. The van der Waals surface area contributed by atoms with Gasteiger partial charge in [0.15, 0.2) is 5.69 Å². The lowest BCUT2D eigenvalue weighted by Crippen LogP contribution is -2.45. The summed E-state index contributed by atoms with van der Waals surface area (Å²) in [6.45, 7) is 1.72. The van der Waals surface area contributed by atoms with Gasteiger partial charge in [0.1, 0.15) is 0 Å². The third kappa shape index (κ3) is 3.45. The number of rotatable bonds is 3. The minimum absolute atomic E-state index is 0. The molecule has 1 atom stereocenters. The molecule has 19 heavy (non-hydrogen) atoms. The molecule has 0 bridgehead atoms. The molecule has 1 saturated heterocycles. The van der Waals surface area contributed by atoms with Crippen LogP contribution in [-0.4, -0.2) is 34.5 Å². The first-order valence-electron chi connectivity index (χ1n) is 5.91. The highest BCUT2D eigenvalue weighted by atomic mass is 35.5. The average molecular weight is 289 g/mol. The number of nitrogens with one attached hydrogen (secondary N) is 2. The molecule has 0 spiro atoms. The molecule has 0 aliphatic carbocycles. The molecule has 1 amide bonds. The third-order valence-corrected chi connectivity index (χ3v) is 3.15. The van der Waals surface area contributed by atoms with Crippen LogP contribution < -0.4 is 10.6 Å². The second kappa shape index (κ2) is 6.53. The maximum absolute atomic E-state index is 12.0. The number of piperidine rings is 1. The summed E-state index contributed by atoms with van der Waals surface area (Å²) in [5, 5.41) is 16.8. The molecular weight excluding hydrogens is 272 g/mol. The molecule has 1 aliphatic rings. The first-order valence-corrected chi connectivity index (χ1v) is 5.91. The molecular formula is C11H17ClN4O3. The zero-order valence-electron chi connectivity index (χ0n) is 10.6. The van der Waals surface area contributed by atoms with Gasteiger partial charge in [-0.2, -0.15) is 0 Å². The molecule has 2 N–H and O–H groups in total. The number of amides is 1. The molecule has 2 rings (SSSR count). The fraction of sp³-hybridized carbons (Fsp3) is 0.545. The maximum atomic E-state index is 12.0. The van der Waals surface area contributed by atoms with Crippen molar-refractivity contribution < 1.29 is 9.72 Å². The van der Waals surface area contributed by atoms with E-state index < -0.39 is 4.92 Å². The van der Waals surface area contributed by atoms with Crippen LogP contribution in [0.3, 0.4) is 0 Å². The molecule has 1 aromatic heterocycles. The van der Waals surface area contributed by atoms with Gasteiger partial charge in [0, 0.05) is 18.7 Å². The Balaban J connectivity index is 0.00000180. The fourth-order valence-electron chi connectivity index (χ4n) is 2.15. The Labute approximate surface area is 116 Å². The molecule has 1 aromatic rings. The Bertz CT molecular complexity index is 469. The lowest BCUT2D eigenvalue weighted by molar-refractivity contribution is -0.391. The third-order valence-electron chi connectivity index (χ3n) is 3.15. The highest BCUT2D eigenvalue weighted by Crippen LogP contribution is 2.15. The fourth-order valence-corrected chi connectivity index (χ4v) is 2.15. The number of hydrogen-bond donors (Lipinski definition) is 2. The van der Waals surface area contributed by atoms with E-state index in [-0.39, 0.29) is 30.2 Å². The number of carbonyl (C=O) groups excluding carboxylic acids is 1. The number of carbonyl (C=O) groups is 1. The molecule has 0 unspecified atom stereocenters. The van der Waals surface area contributed by atoms with E-state index in [4.69, 9.17) is 0 Å². The number of nitrogens with zero attached hydrogens (tertiary/aromatic N) is 2. The maximum Gasteiger partial charge on any atom is 0.323 e. The first-order chi connectivity index (χ1) is 8.59. The van der Waals surface area contributed by atoms with Gasteiger partial charge in [-0.3, -0.25) is 4.79 Å². The van der Waals surface area contributed by atoms with Crippen molar-refractivity contribution in [2.45, 2.75) is 18.9 Å². The normalized spacial score (nSPS) is 18.5. The Kier molecular flexibility index (Phi) is 5.31. The predicted octanol–water partition coefficient (Wildman–Crippen LogP) is 0.837. The van der Waals surface area contributed by atoms with Crippen molar-refractivity contribution in [2.24, 2.45) is 7.05 Å². The highest BCUT2D eigenvalue weighted by molar-refractivity contribution is 5.93. The van der Waals surface area contributed by atoms with Crippen LogP contribution >= 0.6 is 12.4 Å². The van der Waals surface area contributed by atoms with Crippen LogP contribution in [0.15, 0.2) is 12.1 Å². The standard InChI is InChI=1S/C11H16N4O3.ClH/c1-14-9(4-5-10(14)15(17)18)11(16)13-8-3-2-6-12-7-8;/h4-5,8,12H,2-3,6-7H2,1H3,(H,13,16);1H/t8-;/m1./s1. The van der Waals surface area contributed by atoms with Crippen LogP contribution in [0.2, 0.25) is 0 Å². The zero-order valence-corrected chi connectivity index (χ0v) is 11.4. The molecule has 0 radical (unpaired) electrons. The van der Waals surface area contributed by atoms with Crippen molar-refractivity contribution in [1.29, 1.82) is 0 Å². The minimum atomic E-state index is -0.501. The molecule has 7 nitrogen and oxygen atoms in total. The van der Waals surface area contributed by atoms with Gasteiger partial charge in [-0.15, -0.1) is 12.4 Å². The van der Waals surface area contributed by atoms with E-state index in [0.29, 0.717) is 5.69 Å². The molecule has 1 fully saturated rings. The predicted molar refractivity (Wildman–Crippen MR) is 72.7 cm³/mol. The zero-order chi connectivity index (χ0) is 13.1. The number of hydrogen-bond acceptors (Lipinski definition) is 4. The number of aromatic nitrogens is 1. The quantitative estimate of drug-likeness (QED) is 0.637. The van der Waals surface area contributed by atoms with Gasteiger partial charge in [0.05, 0.1) is 7.05 Å². The molecule has 0 aromatic carbocycles. The summed E-state index contributed by atoms with van der Waals surface area (Å²) in [4.78, 5) is 22.2. The second-order valence-corrected chi connectivity index (χ2v) is 4.41. The van der Waals surface area contributed by atoms with Crippen molar-refractivity contribution in [3.8, 4) is 0 Å². The Morgan fingerprint density at radius 1 is 1.58 bits per heavy atom.